The van der Waals surface area contributed by atoms with Gasteiger partial charge in [-0.15, -0.1) is 5.10 Å². The molecular formula is C12H11N9O2. The Hall–Kier alpha value is -3.63. The SMILES string of the molecule is Cc1c(C(=O)N/N=C\c2ccncc2)nnn1-c1nonc1N. The van der Waals surface area contributed by atoms with Gasteiger partial charge in [-0.2, -0.15) is 9.78 Å². The number of nitrogens with one attached hydrogen (secondary N) is 1. The van der Waals surface area contributed by atoms with E-state index in [1.807, 2.05) is 0 Å². The number of carbonyl (C=O) groups is 1. The second kappa shape index (κ2) is 6.01. The average molecular weight is 313 g/mol. The molecule has 0 unspecified atom stereocenters. The summed E-state index contributed by atoms with van der Waals surface area (Å²) < 4.78 is 5.75. The fourth-order valence-electron chi connectivity index (χ4n) is 1.75. The number of rotatable bonds is 4. The zero-order valence-electron chi connectivity index (χ0n) is 11.9. The fourth-order valence-corrected chi connectivity index (χ4v) is 1.75. The maximum Gasteiger partial charge on any atom is 0.293 e. The lowest BCUT2D eigenvalue weighted by molar-refractivity contribution is 0.0949. The number of hydrogen-bond donors (Lipinski definition) is 2. The van der Waals surface area contributed by atoms with Crippen molar-refractivity contribution < 1.29 is 9.42 Å². The predicted molar refractivity (Wildman–Crippen MR) is 77.7 cm³/mol. The van der Waals surface area contributed by atoms with Crippen molar-refractivity contribution in [3.8, 4) is 5.82 Å². The van der Waals surface area contributed by atoms with E-state index in [1.165, 1.54) is 10.9 Å². The second-order valence-corrected chi connectivity index (χ2v) is 4.39. The fraction of sp³-hybridized carbons (Fsp3) is 0.0833. The first-order valence-electron chi connectivity index (χ1n) is 6.41. The first-order chi connectivity index (χ1) is 11.2. The van der Waals surface area contributed by atoms with Crippen LogP contribution in [0.15, 0.2) is 34.3 Å². The number of hydrazone groups is 1. The number of nitrogens with zero attached hydrogens (tertiary/aromatic N) is 7. The molecule has 3 aromatic rings. The molecule has 3 rings (SSSR count). The minimum absolute atomic E-state index is 0.0423. The number of pyridine rings is 1. The lowest BCUT2D eigenvalue weighted by Gasteiger charge is -1.99. The topological polar surface area (TPSA) is 150 Å². The normalized spacial score (nSPS) is 11.0. The van der Waals surface area contributed by atoms with E-state index in [0.717, 1.165) is 5.56 Å². The number of carbonyl (C=O) groups excluding carboxylic acids is 1. The van der Waals surface area contributed by atoms with Gasteiger partial charge in [0.1, 0.15) is 0 Å². The Morgan fingerprint density at radius 1 is 1.39 bits per heavy atom. The first-order valence-corrected chi connectivity index (χ1v) is 6.41. The summed E-state index contributed by atoms with van der Waals surface area (Å²) in [4.78, 5) is 16.0. The molecule has 1 amide bonds. The molecule has 116 valence electrons. The molecule has 11 heteroatoms. The van der Waals surface area contributed by atoms with Crippen LogP contribution >= 0.6 is 0 Å². The van der Waals surface area contributed by atoms with E-state index < -0.39 is 5.91 Å². The molecule has 0 bridgehead atoms. The highest BCUT2D eigenvalue weighted by molar-refractivity contribution is 5.94. The van der Waals surface area contributed by atoms with Gasteiger partial charge in [0.05, 0.1) is 11.9 Å². The largest absolute Gasteiger partial charge is 0.378 e. The van der Waals surface area contributed by atoms with Crippen LogP contribution in [0.4, 0.5) is 5.82 Å². The smallest absolute Gasteiger partial charge is 0.293 e. The van der Waals surface area contributed by atoms with Crippen LogP contribution in [0.1, 0.15) is 21.7 Å². The summed E-state index contributed by atoms with van der Waals surface area (Å²) in [5.74, 6) is -0.316. The van der Waals surface area contributed by atoms with Crippen molar-refractivity contribution in [1.29, 1.82) is 0 Å². The quantitative estimate of drug-likeness (QED) is 0.492. The van der Waals surface area contributed by atoms with Crippen LogP contribution in [0.25, 0.3) is 5.82 Å². The van der Waals surface area contributed by atoms with Crippen molar-refractivity contribution in [2.75, 3.05) is 5.73 Å². The van der Waals surface area contributed by atoms with Gasteiger partial charge in [0, 0.05) is 12.4 Å². The van der Waals surface area contributed by atoms with Crippen molar-refractivity contribution in [2.45, 2.75) is 6.92 Å². The van der Waals surface area contributed by atoms with Gasteiger partial charge < -0.3 is 5.73 Å². The van der Waals surface area contributed by atoms with Crippen LogP contribution < -0.4 is 11.2 Å². The van der Waals surface area contributed by atoms with E-state index in [-0.39, 0.29) is 17.3 Å². The number of aromatic nitrogens is 6. The van der Waals surface area contributed by atoms with Crippen LogP contribution in [0.2, 0.25) is 0 Å². The summed E-state index contributed by atoms with van der Waals surface area (Å²) in [6.45, 7) is 1.63. The number of anilines is 1. The highest BCUT2D eigenvalue weighted by Gasteiger charge is 2.20. The Morgan fingerprint density at radius 3 is 2.87 bits per heavy atom. The van der Waals surface area contributed by atoms with E-state index in [0.29, 0.717) is 5.69 Å². The minimum atomic E-state index is -0.519. The monoisotopic (exact) mass is 313 g/mol. The molecule has 0 aromatic carbocycles. The summed E-state index contributed by atoms with van der Waals surface area (Å²) in [6.07, 6.45) is 4.73. The molecule has 0 aliphatic carbocycles. The predicted octanol–water partition coefficient (Wildman–Crippen LogP) is -0.300. The molecule has 0 aliphatic rings. The number of nitrogen functional groups attached to an aromatic ring is 1. The molecule has 11 nitrogen and oxygen atoms in total. The Labute approximate surface area is 129 Å². The zero-order valence-corrected chi connectivity index (χ0v) is 11.9. The highest BCUT2D eigenvalue weighted by Crippen LogP contribution is 2.14. The van der Waals surface area contributed by atoms with Gasteiger partial charge in [0.2, 0.25) is 11.6 Å². The summed E-state index contributed by atoms with van der Waals surface area (Å²) in [5, 5.41) is 18.5. The van der Waals surface area contributed by atoms with Gasteiger partial charge in [-0.1, -0.05) is 5.21 Å². The van der Waals surface area contributed by atoms with Gasteiger partial charge in [-0.25, -0.2) is 10.1 Å². The van der Waals surface area contributed by atoms with Crippen LogP contribution in [0.3, 0.4) is 0 Å². The van der Waals surface area contributed by atoms with Gasteiger partial charge in [0.25, 0.3) is 5.91 Å². The average Bonchev–Trinajstić information content (AvgIpc) is 3.14. The van der Waals surface area contributed by atoms with Crippen molar-refractivity contribution >= 4 is 17.9 Å². The van der Waals surface area contributed by atoms with Crippen molar-refractivity contribution in [1.82, 2.24) is 35.7 Å². The number of amides is 1. The number of hydrogen-bond acceptors (Lipinski definition) is 9. The summed E-state index contributed by atoms with van der Waals surface area (Å²) in [7, 11) is 0. The van der Waals surface area contributed by atoms with Gasteiger partial charge >= 0.3 is 0 Å². The van der Waals surface area contributed by atoms with Crippen molar-refractivity contribution in [3.63, 3.8) is 0 Å². The molecule has 0 aliphatic heterocycles. The van der Waals surface area contributed by atoms with Crippen LogP contribution in [-0.2, 0) is 0 Å². The van der Waals surface area contributed by atoms with Crippen LogP contribution in [0.5, 0.6) is 0 Å². The summed E-state index contributed by atoms with van der Waals surface area (Å²) in [6, 6.07) is 3.50. The third kappa shape index (κ3) is 2.88. The van der Waals surface area contributed by atoms with Crippen LogP contribution in [0, 0.1) is 6.92 Å². The zero-order chi connectivity index (χ0) is 16.2. The third-order valence-corrected chi connectivity index (χ3v) is 2.89. The summed E-state index contributed by atoms with van der Waals surface area (Å²) in [5.41, 5.74) is 9.25. The lowest BCUT2D eigenvalue weighted by Crippen LogP contribution is -2.19. The standard InChI is InChI=1S/C12H11N9O2/c1-7-9(16-20-21(7)11-10(13)18-23-19-11)12(22)17-15-6-8-2-4-14-5-3-8/h2-6H,1H3,(H2,13,18)(H,17,22)/b15-6-. The molecule has 0 radical (unpaired) electrons. The maximum absolute atomic E-state index is 12.1. The molecule has 23 heavy (non-hydrogen) atoms. The second-order valence-electron chi connectivity index (χ2n) is 4.39. The lowest BCUT2D eigenvalue weighted by atomic mass is 10.3. The van der Waals surface area contributed by atoms with E-state index in [1.54, 1.807) is 31.5 Å². The van der Waals surface area contributed by atoms with Gasteiger partial charge in [-0.3, -0.25) is 9.78 Å². The third-order valence-electron chi connectivity index (χ3n) is 2.89. The van der Waals surface area contributed by atoms with Gasteiger partial charge in [0.15, 0.2) is 5.69 Å². The van der Waals surface area contributed by atoms with Crippen LogP contribution in [-0.4, -0.2) is 42.4 Å². The Balaban J connectivity index is 1.75. The minimum Gasteiger partial charge on any atom is -0.378 e. The molecule has 3 N–H and O–H groups in total. The molecule has 0 atom stereocenters. The Bertz CT molecular complexity index is 853. The van der Waals surface area contributed by atoms with Gasteiger partial charge in [-0.05, 0) is 34.9 Å². The van der Waals surface area contributed by atoms with Crippen molar-refractivity contribution in [3.05, 3.63) is 41.5 Å². The molecule has 3 aromatic heterocycles. The first kappa shape index (κ1) is 14.3. The van der Waals surface area contributed by atoms with E-state index in [9.17, 15) is 4.79 Å². The summed E-state index contributed by atoms with van der Waals surface area (Å²) >= 11 is 0. The molecule has 0 saturated carbocycles. The Morgan fingerprint density at radius 2 is 2.17 bits per heavy atom. The number of nitrogens with two attached hydrogens (primary N) is 1. The van der Waals surface area contributed by atoms with Crippen molar-refractivity contribution in [2.24, 2.45) is 5.10 Å². The maximum atomic E-state index is 12.1. The van der Waals surface area contributed by atoms with E-state index in [4.69, 9.17) is 5.73 Å². The molecule has 0 spiro atoms. The molecular weight excluding hydrogens is 302 g/mol. The molecule has 3 heterocycles. The Kier molecular flexibility index (Phi) is 3.74. The van der Waals surface area contributed by atoms with E-state index in [2.05, 4.69) is 40.8 Å². The highest BCUT2D eigenvalue weighted by atomic mass is 16.6. The molecule has 0 fully saturated rings. The van der Waals surface area contributed by atoms with E-state index >= 15 is 0 Å². The molecule has 0 saturated heterocycles.